The molecule has 1 aliphatic carbocycles. The summed E-state index contributed by atoms with van der Waals surface area (Å²) in [6.07, 6.45) is 1.58. The molecule has 1 N–H and O–H groups in total. The zero-order valence-corrected chi connectivity index (χ0v) is 15.1. The summed E-state index contributed by atoms with van der Waals surface area (Å²) in [4.78, 5) is 0.165. The normalized spacial score (nSPS) is 19.1. The first kappa shape index (κ1) is 16.8. The van der Waals surface area contributed by atoms with Crippen LogP contribution in [0.4, 0.5) is 0 Å². The lowest BCUT2D eigenvalue weighted by atomic mass is 9.88. The van der Waals surface area contributed by atoms with Crippen molar-refractivity contribution in [3.63, 3.8) is 0 Å². The Bertz CT molecular complexity index is 1100. The van der Waals surface area contributed by atoms with Crippen molar-refractivity contribution in [2.24, 2.45) is 0 Å². The monoisotopic (exact) mass is 362 g/mol. The van der Waals surface area contributed by atoms with Gasteiger partial charge in [-0.2, -0.15) is 0 Å². The standard InChI is InChI=1S/C22H18O3S/c1-16-11-13-19(14-12-16)26(24,25)21-15-17-7-5-6-10-20(17)22(21,23)18-8-3-2-4-9-18/h2-15,23H,1H3. The van der Waals surface area contributed by atoms with Crippen LogP contribution in [-0.2, 0) is 15.4 Å². The molecule has 0 aliphatic heterocycles. The van der Waals surface area contributed by atoms with E-state index in [1.807, 2.05) is 31.2 Å². The van der Waals surface area contributed by atoms with Crippen molar-refractivity contribution >= 4 is 15.9 Å². The van der Waals surface area contributed by atoms with Gasteiger partial charge in [-0.3, -0.25) is 0 Å². The van der Waals surface area contributed by atoms with Crippen LogP contribution >= 0.6 is 0 Å². The molecule has 0 amide bonds. The van der Waals surface area contributed by atoms with Gasteiger partial charge < -0.3 is 5.11 Å². The largest absolute Gasteiger partial charge is 0.375 e. The highest BCUT2D eigenvalue weighted by atomic mass is 32.2. The average Bonchev–Trinajstić information content (AvgIpc) is 2.98. The molecular formula is C22H18O3S. The molecule has 0 saturated heterocycles. The molecule has 0 fully saturated rings. The maximum atomic E-state index is 13.4. The molecule has 1 unspecified atom stereocenters. The van der Waals surface area contributed by atoms with E-state index >= 15 is 0 Å². The summed E-state index contributed by atoms with van der Waals surface area (Å²) in [5, 5.41) is 11.7. The second kappa shape index (κ2) is 5.94. The van der Waals surface area contributed by atoms with Crippen LogP contribution in [0.25, 0.3) is 6.08 Å². The fraction of sp³-hybridized carbons (Fsp3) is 0.0909. The van der Waals surface area contributed by atoms with Crippen LogP contribution in [0.15, 0.2) is 88.7 Å². The third-order valence-corrected chi connectivity index (χ3v) is 6.69. The maximum absolute atomic E-state index is 13.4. The second-order valence-electron chi connectivity index (χ2n) is 6.49. The van der Waals surface area contributed by atoms with E-state index in [9.17, 15) is 13.5 Å². The van der Waals surface area contributed by atoms with E-state index in [1.165, 1.54) is 0 Å². The highest BCUT2D eigenvalue weighted by Gasteiger charge is 2.47. The molecule has 3 aromatic carbocycles. The third-order valence-electron chi connectivity index (χ3n) is 4.81. The van der Waals surface area contributed by atoms with Crippen molar-refractivity contribution in [3.8, 4) is 0 Å². The summed E-state index contributed by atoms with van der Waals surface area (Å²) in [6.45, 7) is 1.90. The van der Waals surface area contributed by atoms with Crippen molar-refractivity contribution < 1.29 is 13.5 Å². The number of sulfone groups is 1. The minimum Gasteiger partial charge on any atom is -0.375 e. The molecule has 0 aromatic heterocycles. The van der Waals surface area contributed by atoms with Crippen molar-refractivity contribution in [1.82, 2.24) is 0 Å². The maximum Gasteiger partial charge on any atom is 0.206 e. The summed E-state index contributed by atoms with van der Waals surface area (Å²) in [7, 11) is -3.87. The van der Waals surface area contributed by atoms with Gasteiger partial charge in [0.05, 0.1) is 9.80 Å². The lowest BCUT2D eigenvalue weighted by molar-refractivity contribution is 0.133. The smallest absolute Gasteiger partial charge is 0.206 e. The number of aliphatic hydroxyl groups is 1. The second-order valence-corrected chi connectivity index (χ2v) is 8.41. The van der Waals surface area contributed by atoms with Gasteiger partial charge in [-0.1, -0.05) is 72.3 Å². The summed E-state index contributed by atoms with van der Waals surface area (Å²) < 4.78 is 26.7. The predicted molar refractivity (Wildman–Crippen MR) is 102 cm³/mol. The zero-order chi connectivity index (χ0) is 18.4. The van der Waals surface area contributed by atoms with E-state index in [0.29, 0.717) is 16.7 Å². The van der Waals surface area contributed by atoms with E-state index in [2.05, 4.69) is 0 Å². The molecule has 0 spiro atoms. The van der Waals surface area contributed by atoms with Crippen LogP contribution in [0.5, 0.6) is 0 Å². The molecule has 0 heterocycles. The Hall–Kier alpha value is -2.69. The van der Waals surface area contributed by atoms with Crippen molar-refractivity contribution in [3.05, 3.63) is 106 Å². The fourth-order valence-electron chi connectivity index (χ4n) is 3.42. The summed E-state index contributed by atoms with van der Waals surface area (Å²) in [5.41, 5.74) is 1.10. The molecule has 4 heteroatoms. The van der Waals surface area contributed by atoms with Gasteiger partial charge >= 0.3 is 0 Å². The Balaban J connectivity index is 1.97. The first-order valence-corrected chi connectivity index (χ1v) is 9.84. The Morgan fingerprint density at radius 3 is 2.12 bits per heavy atom. The quantitative estimate of drug-likeness (QED) is 0.764. The van der Waals surface area contributed by atoms with Gasteiger partial charge in [0.15, 0.2) is 5.60 Å². The Kier molecular flexibility index (Phi) is 3.83. The number of hydrogen-bond acceptors (Lipinski definition) is 3. The fourth-order valence-corrected chi connectivity index (χ4v) is 5.07. The van der Waals surface area contributed by atoms with Crippen molar-refractivity contribution in [2.75, 3.05) is 0 Å². The first-order chi connectivity index (χ1) is 12.4. The Morgan fingerprint density at radius 1 is 0.808 bits per heavy atom. The highest BCUT2D eigenvalue weighted by Crippen LogP contribution is 2.48. The van der Waals surface area contributed by atoms with Gasteiger partial charge in [-0.25, -0.2) is 8.42 Å². The zero-order valence-electron chi connectivity index (χ0n) is 14.3. The van der Waals surface area contributed by atoms with Gasteiger partial charge in [0.25, 0.3) is 0 Å². The molecule has 3 aromatic rings. The Morgan fingerprint density at radius 2 is 1.42 bits per heavy atom. The van der Waals surface area contributed by atoms with Crippen LogP contribution in [0, 0.1) is 6.92 Å². The predicted octanol–water partition coefficient (Wildman–Crippen LogP) is 4.06. The molecule has 3 nitrogen and oxygen atoms in total. The van der Waals surface area contributed by atoms with Gasteiger partial charge in [-0.05, 0) is 36.3 Å². The summed E-state index contributed by atoms with van der Waals surface area (Å²) in [6, 6.07) is 22.9. The van der Waals surface area contributed by atoms with E-state index in [0.717, 1.165) is 5.56 Å². The lowest BCUT2D eigenvalue weighted by Crippen LogP contribution is -2.31. The van der Waals surface area contributed by atoms with Crippen LogP contribution < -0.4 is 0 Å². The number of hydrogen-bond donors (Lipinski definition) is 1. The Labute approximate surface area is 153 Å². The van der Waals surface area contributed by atoms with E-state index in [4.69, 9.17) is 0 Å². The molecular weight excluding hydrogens is 344 g/mol. The summed E-state index contributed by atoms with van der Waals surface area (Å²) in [5.74, 6) is 0. The van der Waals surface area contributed by atoms with E-state index in [1.54, 1.807) is 60.7 Å². The number of benzene rings is 3. The van der Waals surface area contributed by atoms with Crippen LogP contribution in [0.2, 0.25) is 0 Å². The molecule has 26 heavy (non-hydrogen) atoms. The number of fused-ring (bicyclic) bond motifs is 1. The molecule has 1 aliphatic rings. The van der Waals surface area contributed by atoms with Crippen molar-refractivity contribution in [2.45, 2.75) is 17.4 Å². The first-order valence-electron chi connectivity index (χ1n) is 8.35. The van der Waals surface area contributed by atoms with Gasteiger partial charge in [0.2, 0.25) is 9.84 Å². The molecule has 130 valence electrons. The molecule has 4 rings (SSSR count). The number of aryl methyl sites for hydroxylation is 1. The molecule has 0 saturated carbocycles. The number of rotatable bonds is 3. The summed E-state index contributed by atoms with van der Waals surface area (Å²) >= 11 is 0. The minimum atomic E-state index is -3.87. The van der Waals surface area contributed by atoms with E-state index in [-0.39, 0.29) is 9.80 Å². The van der Waals surface area contributed by atoms with Crippen LogP contribution in [0.3, 0.4) is 0 Å². The van der Waals surface area contributed by atoms with Gasteiger partial charge in [-0.15, -0.1) is 0 Å². The van der Waals surface area contributed by atoms with Gasteiger partial charge in [0.1, 0.15) is 0 Å². The minimum absolute atomic E-state index is 0.0127. The SMILES string of the molecule is Cc1ccc(S(=O)(=O)C2=Cc3ccccc3C2(O)c2ccccc2)cc1. The molecule has 1 atom stereocenters. The van der Waals surface area contributed by atoms with Crippen molar-refractivity contribution in [1.29, 1.82) is 0 Å². The highest BCUT2D eigenvalue weighted by molar-refractivity contribution is 7.95. The average molecular weight is 362 g/mol. The van der Waals surface area contributed by atoms with Crippen LogP contribution in [0.1, 0.15) is 22.3 Å². The van der Waals surface area contributed by atoms with Crippen LogP contribution in [-0.4, -0.2) is 13.5 Å². The molecule has 0 radical (unpaired) electrons. The third kappa shape index (κ3) is 2.42. The van der Waals surface area contributed by atoms with Gasteiger partial charge in [0, 0.05) is 5.56 Å². The topological polar surface area (TPSA) is 54.4 Å². The molecule has 0 bridgehead atoms. The van der Waals surface area contributed by atoms with E-state index < -0.39 is 15.4 Å². The lowest BCUT2D eigenvalue weighted by Gasteiger charge is -2.28.